The molecule has 0 saturated heterocycles. The fourth-order valence-electron chi connectivity index (χ4n) is 2.19. The van der Waals surface area contributed by atoms with Crippen LogP contribution in [0.5, 0.6) is 0 Å². The highest BCUT2D eigenvalue weighted by molar-refractivity contribution is 5.13. The molecule has 1 aromatic heterocycles. The third-order valence-electron chi connectivity index (χ3n) is 3.11. The zero-order valence-electron chi connectivity index (χ0n) is 8.08. The Morgan fingerprint density at radius 2 is 2.08 bits per heavy atom. The van der Waals surface area contributed by atoms with Gasteiger partial charge in [-0.3, -0.25) is 0 Å². The molecule has 1 aliphatic rings. The van der Waals surface area contributed by atoms with Crippen molar-refractivity contribution in [2.75, 3.05) is 0 Å². The molecule has 69 valence electrons. The van der Waals surface area contributed by atoms with Crippen LogP contribution in [0.1, 0.15) is 44.7 Å². The second-order valence-corrected chi connectivity index (χ2v) is 4.16. The Bertz CT molecular complexity index is 263. The lowest BCUT2D eigenvalue weighted by atomic mass is 9.73. The second kappa shape index (κ2) is 3.44. The predicted molar refractivity (Wildman–Crippen MR) is 51.3 cm³/mol. The molecular formula is C11H15N2. The number of aromatic nitrogens is 2. The molecule has 1 heterocycles. The third kappa shape index (κ3) is 1.71. The van der Waals surface area contributed by atoms with Gasteiger partial charge in [-0.1, -0.05) is 26.2 Å². The summed E-state index contributed by atoms with van der Waals surface area (Å²) in [6, 6.07) is 2.03. The van der Waals surface area contributed by atoms with Crippen LogP contribution in [0.25, 0.3) is 0 Å². The molecule has 2 heteroatoms. The molecule has 1 saturated carbocycles. The molecule has 0 bridgehead atoms. The average molecular weight is 175 g/mol. The largest absolute Gasteiger partial charge is 0.234 e. The van der Waals surface area contributed by atoms with Crippen LogP contribution >= 0.6 is 0 Å². The van der Waals surface area contributed by atoms with Gasteiger partial charge in [0.2, 0.25) is 0 Å². The SMILES string of the molecule is CC1(c2ccn[c]n2)CCCCC1. The van der Waals surface area contributed by atoms with Gasteiger partial charge >= 0.3 is 0 Å². The summed E-state index contributed by atoms with van der Waals surface area (Å²) in [5, 5.41) is 0. The van der Waals surface area contributed by atoms with Gasteiger partial charge < -0.3 is 0 Å². The van der Waals surface area contributed by atoms with Crippen molar-refractivity contribution in [3.05, 3.63) is 24.3 Å². The van der Waals surface area contributed by atoms with Crippen LogP contribution in [0.2, 0.25) is 0 Å². The van der Waals surface area contributed by atoms with Crippen LogP contribution in [0.4, 0.5) is 0 Å². The molecule has 2 nitrogen and oxygen atoms in total. The van der Waals surface area contributed by atoms with Gasteiger partial charge in [-0.15, -0.1) is 0 Å². The van der Waals surface area contributed by atoms with Gasteiger partial charge in [0, 0.05) is 11.6 Å². The van der Waals surface area contributed by atoms with Crippen LogP contribution in [0, 0.1) is 6.33 Å². The van der Waals surface area contributed by atoms with E-state index >= 15 is 0 Å². The normalized spacial score (nSPS) is 21.3. The monoisotopic (exact) mass is 175 g/mol. The molecule has 0 unspecified atom stereocenters. The van der Waals surface area contributed by atoms with Crippen LogP contribution in [-0.2, 0) is 5.41 Å². The molecule has 2 rings (SSSR count). The van der Waals surface area contributed by atoms with Crippen molar-refractivity contribution < 1.29 is 0 Å². The first kappa shape index (κ1) is 8.67. The number of rotatable bonds is 1. The maximum atomic E-state index is 4.24. The molecule has 1 fully saturated rings. The molecule has 0 aromatic carbocycles. The van der Waals surface area contributed by atoms with Gasteiger partial charge in [0.1, 0.15) is 0 Å². The van der Waals surface area contributed by atoms with Gasteiger partial charge in [0.15, 0.2) is 6.33 Å². The van der Waals surface area contributed by atoms with Gasteiger partial charge in [0.25, 0.3) is 0 Å². The standard InChI is InChI=1S/C11H15N2/c1-11(6-3-2-4-7-11)10-5-8-12-9-13-10/h5,8H,2-4,6-7H2,1H3. The average Bonchev–Trinajstić information content (AvgIpc) is 2.20. The molecule has 0 atom stereocenters. The Balaban J connectivity index is 2.23. The number of hydrogen-bond donors (Lipinski definition) is 0. The van der Waals surface area contributed by atoms with Gasteiger partial charge in [-0.25, -0.2) is 9.97 Å². The smallest absolute Gasteiger partial charge is 0.197 e. The molecule has 0 aliphatic heterocycles. The Hall–Kier alpha value is -0.920. The van der Waals surface area contributed by atoms with E-state index in [1.807, 2.05) is 6.07 Å². The summed E-state index contributed by atoms with van der Waals surface area (Å²) < 4.78 is 0. The predicted octanol–water partition coefficient (Wildman–Crippen LogP) is 2.50. The number of nitrogens with zero attached hydrogens (tertiary/aromatic N) is 2. The molecular weight excluding hydrogens is 160 g/mol. The van der Waals surface area contributed by atoms with Crippen LogP contribution in [0.15, 0.2) is 12.3 Å². The van der Waals surface area contributed by atoms with E-state index in [1.54, 1.807) is 6.20 Å². The topological polar surface area (TPSA) is 25.8 Å². The summed E-state index contributed by atoms with van der Waals surface area (Å²) in [6.45, 7) is 2.31. The Morgan fingerprint density at radius 3 is 2.69 bits per heavy atom. The Morgan fingerprint density at radius 1 is 1.31 bits per heavy atom. The van der Waals surface area contributed by atoms with E-state index < -0.39 is 0 Å². The van der Waals surface area contributed by atoms with Gasteiger partial charge in [0.05, 0.1) is 5.69 Å². The van der Waals surface area contributed by atoms with Crippen LogP contribution in [0.3, 0.4) is 0 Å². The van der Waals surface area contributed by atoms with E-state index in [0.29, 0.717) is 0 Å². The minimum Gasteiger partial charge on any atom is -0.234 e. The highest BCUT2D eigenvalue weighted by Gasteiger charge is 2.29. The van der Waals surface area contributed by atoms with E-state index in [0.717, 1.165) is 0 Å². The second-order valence-electron chi connectivity index (χ2n) is 4.16. The molecule has 1 aromatic rings. The van der Waals surface area contributed by atoms with Gasteiger partial charge in [-0.05, 0) is 18.9 Å². The van der Waals surface area contributed by atoms with Crippen molar-refractivity contribution in [2.45, 2.75) is 44.4 Å². The minimum absolute atomic E-state index is 0.289. The van der Waals surface area contributed by atoms with E-state index in [9.17, 15) is 0 Å². The quantitative estimate of drug-likeness (QED) is 0.655. The zero-order valence-corrected chi connectivity index (χ0v) is 8.08. The van der Waals surface area contributed by atoms with Crippen LogP contribution in [-0.4, -0.2) is 9.97 Å². The summed E-state index contributed by atoms with van der Waals surface area (Å²) in [4.78, 5) is 8.07. The fourth-order valence-corrected chi connectivity index (χ4v) is 2.19. The van der Waals surface area contributed by atoms with E-state index in [2.05, 4.69) is 23.2 Å². The summed E-state index contributed by atoms with van der Waals surface area (Å²) in [6.07, 6.45) is 11.0. The van der Waals surface area contributed by atoms with Crippen molar-refractivity contribution in [1.82, 2.24) is 9.97 Å². The fraction of sp³-hybridized carbons (Fsp3) is 0.636. The maximum Gasteiger partial charge on any atom is 0.197 e. The molecule has 1 radical (unpaired) electrons. The Kier molecular flexibility index (Phi) is 2.30. The van der Waals surface area contributed by atoms with E-state index in [1.165, 1.54) is 37.8 Å². The molecule has 0 amide bonds. The van der Waals surface area contributed by atoms with E-state index in [-0.39, 0.29) is 5.41 Å². The van der Waals surface area contributed by atoms with Crippen molar-refractivity contribution in [1.29, 1.82) is 0 Å². The van der Waals surface area contributed by atoms with Crippen molar-refractivity contribution in [3.63, 3.8) is 0 Å². The summed E-state index contributed by atoms with van der Waals surface area (Å²) in [5.74, 6) is 0. The van der Waals surface area contributed by atoms with Gasteiger partial charge in [-0.2, -0.15) is 0 Å². The molecule has 13 heavy (non-hydrogen) atoms. The van der Waals surface area contributed by atoms with Crippen LogP contribution < -0.4 is 0 Å². The van der Waals surface area contributed by atoms with Crippen molar-refractivity contribution in [2.24, 2.45) is 0 Å². The van der Waals surface area contributed by atoms with Crippen molar-refractivity contribution in [3.8, 4) is 0 Å². The first-order valence-electron chi connectivity index (χ1n) is 5.01. The molecule has 1 aliphatic carbocycles. The lowest BCUT2D eigenvalue weighted by Gasteiger charge is -2.32. The first-order valence-corrected chi connectivity index (χ1v) is 5.01. The zero-order chi connectivity index (χ0) is 9.15. The molecule has 0 N–H and O–H groups in total. The van der Waals surface area contributed by atoms with Crippen molar-refractivity contribution >= 4 is 0 Å². The number of hydrogen-bond acceptors (Lipinski definition) is 2. The molecule has 0 spiro atoms. The minimum atomic E-state index is 0.289. The lowest BCUT2D eigenvalue weighted by molar-refractivity contribution is 0.311. The first-order chi connectivity index (χ1) is 6.31. The highest BCUT2D eigenvalue weighted by atomic mass is 14.8. The summed E-state index contributed by atoms with van der Waals surface area (Å²) >= 11 is 0. The maximum absolute atomic E-state index is 4.24. The summed E-state index contributed by atoms with van der Waals surface area (Å²) in [7, 11) is 0. The highest BCUT2D eigenvalue weighted by Crippen LogP contribution is 2.37. The third-order valence-corrected chi connectivity index (χ3v) is 3.11. The summed E-state index contributed by atoms with van der Waals surface area (Å²) in [5.41, 5.74) is 1.46. The Labute approximate surface area is 79.4 Å². The lowest BCUT2D eigenvalue weighted by Crippen LogP contribution is -2.26. The van der Waals surface area contributed by atoms with E-state index in [4.69, 9.17) is 0 Å².